The number of para-hydroxylation sites is 1. The Kier molecular flexibility index (Phi) is 6.86. The molecule has 1 heterocycles. The van der Waals surface area contributed by atoms with E-state index in [-0.39, 0.29) is 6.54 Å². The van der Waals surface area contributed by atoms with Crippen LogP contribution in [0.3, 0.4) is 0 Å². The monoisotopic (exact) mass is 413 g/mol. The third kappa shape index (κ3) is 5.83. The van der Waals surface area contributed by atoms with Gasteiger partial charge >= 0.3 is 5.97 Å². The van der Waals surface area contributed by atoms with Gasteiger partial charge in [0.15, 0.2) is 6.61 Å². The Morgan fingerprint density at radius 1 is 1.00 bits per heavy atom. The molecule has 0 aliphatic rings. The number of fused-ring (bicyclic) bond motifs is 1. The second-order valence-electron chi connectivity index (χ2n) is 6.31. The zero-order chi connectivity index (χ0) is 20.6. The summed E-state index contributed by atoms with van der Waals surface area (Å²) in [5.41, 5.74) is 2.52. The summed E-state index contributed by atoms with van der Waals surface area (Å²) in [5, 5.41) is 6.76. The Morgan fingerprint density at radius 3 is 2.55 bits per heavy atom. The number of carbonyl (C=O) groups is 3. The van der Waals surface area contributed by atoms with E-state index in [9.17, 15) is 14.4 Å². The second-order valence-corrected chi connectivity index (χ2v) is 6.75. The van der Waals surface area contributed by atoms with Crippen molar-refractivity contribution in [2.24, 2.45) is 0 Å². The molecule has 29 heavy (non-hydrogen) atoms. The van der Waals surface area contributed by atoms with Gasteiger partial charge in [-0.05, 0) is 42.3 Å². The number of hydrogen-bond donors (Lipinski definition) is 3. The van der Waals surface area contributed by atoms with E-state index in [1.807, 2.05) is 30.5 Å². The SMILES string of the molecule is O=C(COC(=O)CNC(=O)c1ccc(Cl)cc1)NCCc1c[nH]c2ccccc12. The normalized spacial score (nSPS) is 10.5. The molecule has 2 aromatic carbocycles. The first kappa shape index (κ1) is 20.4. The fourth-order valence-electron chi connectivity index (χ4n) is 2.78. The minimum Gasteiger partial charge on any atom is -0.454 e. The van der Waals surface area contributed by atoms with Crippen molar-refractivity contribution >= 4 is 40.3 Å². The van der Waals surface area contributed by atoms with E-state index in [1.165, 1.54) is 0 Å². The number of H-pyrrole nitrogens is 1. The molecule has 2 amide bonds. The van der Waals surface area contributed by atoms with Crippen molar-refractivity contribution in [1.82, 2.24) is 15.6 Å². The van der Waals surface area contributed by atoms with Crippen molar-refractivity contribution in [1.29, 1.82) is 0 Å². The van der Waals surface area contributed by atoms with Gasteiger partial charge in [0, 0.05) is 34.2 Å². The van der Waals surface area contributed by atoms with Crippen molar-refractivity contribution in [2.45, 2.75) is 6.42 Å². The first-order chi connectivity index (χ1) is 14.0. The van der Waals surface area contributed by atoms with Gasteiger partial charge in [0.2, 0.25) is 0 Å². The molecule has 3 N–H and O–H groups in total. The van der Waals surface area contributed by atoms with Crippen LogP contribution < -0.4 is 10.6 Å². The lowest BCUT2D eigenvalue weighted by atomic mass is 10.1. The number of aromatic nitrogens is 1. The Labute approximate surface area is 172 Å². The third-order valence-electron chi connectivity index (χ3n) is 4.26. The van der Waals surface area contributed by atoms with E-state index in [0.717, 1.165) is 16.5 Å². The lowest BCUT2D eigenvalue weighted by molar-refractivity contribution is -0.147. The van der Waals surface area contributed by atoms with Gasteiger partial charge in [0.1, 0.15) is 6.54 Å². The van der Waals surface area contributed by atoms with E-state index >= 15 is 0 Å². The largest absolute Gasteiger partial charge is 0.454 e. The molecule has 150 valence electrons. The van der Waals surface area contributed by atoms with Crippen molar-refractivity contribution in [3.8, 4) is 0 Å². The van der Waals surface area contributed by atoms with Crippen LogP contribution in [0.5, 0.6) is 0 Å². The summed E-state index contributed by atoms with van der Waals surface area (Å²) in [6, 6.07) is 14.2. The van der Waals surface area contributed by atoms with Gasteiger partial charge in [0.25, 0.3) is 11.8 Å². The van der Waals surface area contributed by atoms with E-state index in [0.29, 0.717) is 23.6 Å². The van der Waals surface area contributed by atoms with Gasteiger partial charge in [-0.1, -0.05) is 29.8 Å². The van der Waals surface area contributed by atoms with E-state index < -0.39 is 24.4 Å². The lowest BCUT2D eigenvalue weighted by Crippen LogP contribution is -2.34. The molecule has 0 atom stereocenters. The summed E-state index contributed by atoms with van der Waals surface area (Å²) in [7, 11) is 0. The molecular weight excluding hydrogens is 394 g/mol. The topological polar surface area (TPSA) is 100 Å². The molecule has 0 aliphatic heterocycles. The van der Waals surface area contributed by atoms with Crippen LogP contribution >= 0.6 is 11.6 Å². The van der Waals surface area contributed by atoms with Crippen molar-refractivity contribution in [3.05, 3.63) is 70.9 Å². The van der Waals surface area contributed by atoms with Gasteiger partial charge in [-0.2, -0.15) is 0 Å². The van der Waals surface area contributed by atoms with E-state index in [4.69, 9.17) is 16.3 Å². The van der Waals surface area contributed by atoms with Crippen molar-refractivity contribution in [2.75, 3.05) is 19.7 Å². The molecule has 8 heteroatoms. The molecule has 0 radical (unpaired) electrons. The third-order valence-corrected chi connectivity index (χ3v) is 4.51. The fraction of sp³-hybridized carbons (Fsp3) is 0.190. The van der Waals surface area contributed by atoms with Crippen LogP contribution in [0, 0.1) is 0 Å². The van der Waals surface area contributed by atoms with Crippen LogP contribution in [-0.2, 0) is 20.7 Å². The molecule has 3 rings (SSSR count). The van der Waals surface area contributed by atoms with E-state index in [1.54, 1.807) is 24.3 Å². The summed E-state index contributed by atoms with van der Waals surface area (Å²) in [6.07, 6.45) is 2.57. The molecule has 0 aliphatic carbocycles. The fourth-order valence-corrected chi connectivity index (χ4v) is 2.90. The first-order valence-electron chi connectivity index (χ1n) is 9.04. The summed E-state index contributed by atoms with van der Waals surface area (Å²) >= 11 is 5.76. The Bertz CT molecular complexity index is 1010. The van der Waals surface area contributed by atoms with E-state index in [2.05, 4.69) is 15.6 Å². The summed E-state index contributed by atoms with van der Waals surface area (Å²) in [6.45, 7) is -0.306. The molecular formula is C21H20ClN3O4. The first-order valence-corrected chi connectivity index (χ1v) is 9.42. The van der Waals surface area contributed by atoms with Crippen molar-refractivity contribution in [3.63, 3.8) is 0 Å². The molecule has 0 fully saturated rings. The number of hydrogen-bond acceptors (Lipinski definition) is 4. The van der Waals surface area contributed by atoms with Gasteiger partial charge in [0.05, 0.1) is 0 Å². The smallest absolute Gasteiger partial charge is 0.325 e. The quantitative estimate of drug-likeness (QED) is 0.494. The average molecular weight is 414 g/mol. The minimum absolute atomic E-state index is 0.329. The Balaban J connectivity index is 1.34. The predicted octanol–water partition coefficient (Wildman–Crippen LogP) is 2.45. The van der Waals surface area contributed by atoms with Gasteiger partial charge < -0.3 is 20.4 Å². The molecule has 0 spiro atoms. The van der Waals surface area contributed by atoms with Gasteiger partial charge in [-0.25, -0.2) is 0 Å². The standard InChI is InChI=1S/C21H20ClN3O4/c22-16-7-5-14(6-8-16)21(28)25-12-20(27)29-13-19(26)23-10-9-15-11-24-18-4-2-1-3-17(15)18/h1-8,11,24H,9-10,12-13H2,(H,23,26)(H,25,28). The number of benzene rings is 2. The van der Waals surface area contributed by atoms with Crippen molar-refractivity contribution < 1.29 is 19.1 Å². The Hall–Kier alpha value is -3.32. The van der Waals surface area contributed by atoms with Crippen LogP contribution in [0.2, 0.25) is 5.02 Å². The molecule has 7 nitrogen and oxygen atoms in total. The minimum atomic E-state index is -0.695. The highest BCUT2D eigenvalue weighted by molar-refractivity contribution is 6.30. The maximum Gasteiger partial charge on any atom is 0.325 e. The van der Waals surface area contributed by atoms with Gasteiger partial charge in [-0.3, -0.25) is 14.4 Å². The number of ether oxygens (including phenoxy) is 1. The molecule has 0 saturated carbocycles. The number of amides is 2. The van der Waals surface area contributed by atoms with Crippen LogP contribution in [0.15, 0.2) is 54.7 Å². The highest BCUT2D eigenvalue weighted by Gasteiger charge is 2.11. The molecule has 1 aromatic heterocycles. The van der Waals surface area contributed by atoms with Crippen LogP contribution in [0.1, 0.15) is 15.9 Å². The number of esters is 1. The number of rotatable bonds is 8. The van der Waals surface area contributed by atoms with Crippen LogP contribution in [-0.4, -0.2) is 42.5 Å². The highest BCUT2D eigenvalue weighted by atomic mass is 35.5. The zero-order valence-electron chi connectivity index (χ0n) is 15.5. The number of nitrogens with one attached hydrogen (secondary N) is 3. The number of aromatic amines is 1. The van der Waals surface area contributed by atoms with Crippen LogP contribution in [0.25, 0.3) is 10.9 Å². The maximum atomic E-state index is 11.9. The molecule has 0 bridgehead atoms. The average Bonchev–Trinajstić information content (AvgIpc) is 3.14. The number of halogens is 1. The summed E-state index contributed by atoms with van der Waals surface area (Å²) in [4.78, 5) is 38.6. The highest BCUT2D eigenvalue weighted by Crippen LogP contribution is 2.17. The Morgan fingerprint density at radius 2 is 1.76 bits per heavy atom. The predicted molar refractivity (Wildman–Crippen MR) is 110 cm³/mol. The lowest BCUT2D eigenvalue weighted by Gasteiger charge is -2.08. The van der Waals surface area contributed by atoms with Crippen LogP contribution in [0.4, 0.5) is 0 Å². The summed E-state index contributed by atoms with van der Waals surface area (Å²) in [5.74, 6) is -1.52. The molecule has 0 unspecified atom stereocenters. The zero-order valence-corrected chi connectivity index (χ0v) is 16.3. The van der Waals surface area contributed by atoms with Gasteiger partial charge in [-0.15, -0.1) is 0 Å². The molecule has 3 aromatic rings. The number of carbonyl (C=O) groups excluding carboxylic acids is 3. The molecule has 0 saturated heterocycles. The second kappa shape index (κ2) is 9.75. The summed E-state index contributed by atoms with van der Waals surface area (Å²) < 4.78 is 4.87. The maximum absolute atomic E-state index is 11.9.